The van der Waals surface area contributed by atoms with Crippen molar-refractivity contribution in [3.8, 4) is 5.75 Å². The van der Waals surface area contributed by atoms with Crippen molar-refractivity contribution in [3.63, 3.8) is 0 Å². The second-order valence-corrected chi connectivity index (χ2v) is 5.50. The molecule has 2 heterocycles. The van der Waals surface area contributed by atoms with Gasteiger partial charge in [0.05, 0.1) is 0 Å². The molecular formula is C12H9BrOS. The molecule has 1 aliphatic rings. The lowest BCUT2D eigenvalue weighted by Gasteiger charge is -2.06. The van der Waals surface area contributed by atoms with Gasteiger partial charge in [0.2, 0.25) is 0 Å². The van der Waals surface area contributed by atoms with E-state index in [1.165, 1.54) is 16.0 Å². The van der Waals surface area contributed by atoms with Crippen LogP contribution in [-0.4, -0.2) is 0 Å². The molecule has 0 aliphatic carbocycles. The molecule has 0 atom stereocenters. The second kappa shape index (κ2) is 3.65. The Bertz CT molecular complexity index is 504. The molecule has 0 bridgehead atoms. The number of hydrogen-bond acceptors (Lipinski definition) is 2. The molecule has 0 unspecified atom stereocenters. The summed E-state index contributed by atoms with van der Waals surface area (Å²) in [7, 11) is 0. The van der Waals surface area contributed by atoms with Gasteiger partial charge in [0, 0.05) is 26.9 Å². The van der Waals surface area contributed by atoms with E-state index in [-0.39, 0.29) is 0 Å². The van der Waals surface area contributed by atoms with Gasteiger partial charge in [-0.3, -0.25) is 0 Å². The van der Waals surface area contributed by atoms with Crippen LogP contribution in [0.4, 0.5) is 0 Å². The maximum absolute atomic E-state index is 5.77. The number of thiophene rings is 1. The van der Waals surface area contributed by atoms with Crippen LogP contribution in [0.1, 0.15) is 16.0 Å². The third kappa shape index (κ3) is 1.70. The van der Waals surface area contributed by atoms with Crippen molar-refractivity contribution >= 4 is 27.3 Å². The Hall–Kier alpha value is -0.800. The van der Waals surface area contributed by atoms with Crippen molar-refractivity contribution in [1.29, 1.82) is 0 Å². The summed E-state index contributed by atoms with van der Waals surface area (Å²) < 4.78 is 6.89. The van der Waals surface area contributed by atoms with Gasteiger partial charge < -0.3 is 4.74 Å². The van der Waals surface area contributed by atoms with Crippen LogP contribution in [-0.2, 0) is 13.0 Å². The lowest BCUT2D eigenvalue weighted by atomic mass is 10.1. The maximum atomic E-state index is 5.77. The lowest BCUT2D eigenvalue weighted by molar-refractivity contribution is 0.307. The fourth-order valence-electron chi connectivity index (χ4n) is 1.81. The number of halogens is 1. The summed E-state index contributed by atoms with van der Waals surface area (Å²) in [5, 5.41) is 2.14. The van der Waals surface area contributed by atoms with Crippen LogP contribution in [0.2, 0.25) is 0 Å². The molecule has 0 saturated heterocycles. The van der Waals surface area contributed by atoms with E-state index in [2.05, 4.69) is 33.4 Å². The van der Waals surface area contributed by atoms with Crippen molar-refractivity contribution in [2.75, 3.05) is 0 Å². The van der Waals surface area contributed by atoms with Crippen LogP contribution < -0.4 is 4.74 Å². The highest BCUT2D eigenvalue weighted by molar-refractivity contribution is 9.10. The van der Waals surface area contributed by atoms with Gasteiger partial charge in [0.15, 0.2) is 0 Å². The zero-order valence-corrected chi connectivity index (χ0v) is 10.4. The van der Waals surface area contributed by atoms with E-state index in [0.717, 1.165) is 16.6 Å². The highest BCUT2D eigenvalue weighted by Gasteiger charge is 2.14. The molecule has 2 aromatic rings. The minimum Gasteiger partial charge on any atom is -0.489 e. The van der Waals surface area contributed by atoms with E-state index < -0.39 is 0 Å². The quantitative estimate of drug-likeness (QED) is 0.709. The zero-order chi connectivity index (χ0) is 10.3. The largest absolute Gasteiger partial charge is 0.489 e. The smallest absolute Gasteiger partial charge is 0.123 e. The SMILES string of the molecule is Brc1ccc2c(c1)Cc1sccc1CO2. The summed E-state index contributed by atoms with van der Waals surface area (Å²) >= 11 is 5.31. The predicted molar refractivity (Wildman–Crippen MR) is 65.6 cm³/mol. The van der Waals surface area contributed by atoms with E-state index in [0.29, 0.717) is 6.61 Å². The normalized spacial score (nSPS) is 13.7. The Morgan fingerprint density at radius 1 is 1.20 bits per heavy atom. The highest BCUT2D eigenvalue weighted by Crippen LogP contribution is 2.32. The van der Waals surface area contributed by atoms with Crippen LogP contribution in [0, 0.1) is 0 Å². The molecule has 0 fully saturated rings. The third-order valence-corrected chi connectivity index (χ3v) is 4.05. The fourth-order valence-corrected chi connectivity index (χ4v) is 3.13. The number of ether oxygens (including phenoxy) is 1. The molecule has 1 nitrogen and oxygen atoms in total. The Kier molecular flexibility index (Phi) is 2.29. The molecule has 1 aromatic carbocycles. The minimum atomic E-state index is 0.702. The van der Waals surface area contributed by atoms with Crippen molar-refractivity contribution in [3.05, 3.63) is 50.1 Å². The van der Waals surface area contributed by atoms with Gasteiger partial charge in [-0.15, -0.1) is 11.3 Å². The predicted octanol–water partition coefficient (Wildman–Crippen LogP) is 3.99. The highest BCUT2D eigenvalue weighted by atomic mass is 79.9. The average Bonchev–Trinajstić information content (AvgIpc) is 2.58. The summed E-state index contributed by atoms with van der Waals surface area (Å²) in [5.41, 5.74) is 2.60. The average molecular weight is 281 g/mol. The lowest BCUT2D eigenvalue weighted by Crippen LogP contribution is -1.92. The number of hydrogen-bond donors (Lipinski definition) is 0. The first-order valence-electron chi connectivity index (χ1n) is 4.79. The van der Waals surface area contributed by atoms with Crippen LogP contribution in [0.3, 0.4) is 0 Å². The Labute approximate surface area is 101 Å². The summed E-state index contributed by atoms with van der Waals surface area (Å²) in [4.78, 5) is 1.42. The molecule has 3 heteroatoms. The molecule has 1 aromatic heterocycles. The Balaban J connectivity index is 2.10. The van der Waals surface area contributed by atoms with Gasteiger partial charge in [0.1, 0.15) is 12.4 Å². The van der Waals surface area contributed by atoms with E-state index in [1.54, 1.807) is 0 Å². The van der Waals surface area contributed by atoms with Crippen LogP contribution in [0.5, 0.6) is 5.75 Å². The standard InChI is InChI=1S/C12H9BrOS/c13-10-1-2-11-9(5-10)6-12-8(7-14-11)3-4-15-12/h1-5H,6-7H2. The number of rotatable bonds is 0. The van der Waals surface area contributed by atoms with Gasteiger partial charge in [0.25, 0.3) is 0 Å². The fraction of sp³-hybridized carbons (Fsp3) is 0.167. The third-order valence-electron chi connectivity index (χ3n) is 2.59. The molecule has 3 rings (SSSR count). The van der Waals surface area contributed by atoms with Crippen LogP contribution >= 0.6 is 27.3 Å². The zero-order valence-electron chi connectivity index (χ0n) is 8.00. The molecule has 0 radical (unpaired) electrons. The maximum Gasteiger partial charge on any atom is 0.123 e. The molecule has 0 N–H and O–H groups in total. The number of benzene rings is 1. The molecule has 1 aliphatic heterocycles. The second-order valence-electron chi connectivity index (χ2n) is 3.59. The number of fused-ring (bicyclic) bond motifs is 2. The van der Waals surface area contributed by atoms with Crippen LogP contribution in [0.15, 0.2) is 34.1 Å². The molecule has 0 spiro atoms. The van der Waals surface area contributed by atoms with Crippen molar-refractivity contribution in [1.82, 2.24) is 0 Å². The molecular weight excluding hydrogens is 272 g/mol. The van der Waals surface area contributed by atoms with Gasteiger partial charge in [-0.2, -0.15) is 0 Å². The van der Waals surface area contributed by atoms with Gasteiger partial charge in [-0.25, -0.2) is 0 Å². The first-order chi connectivity index (χ1) is 7.33. The van der Waals surface area contributed by atoms with Crippen molar-refractivity contribution < 1.29 is 4.74 Å². The van der Waals surface area contributed by atoms with E-state index in [4.69, 9.17) is 4.74 Å². The van der Waals surface area contributed by atoms with E-state index in [9.17, 15) is 0 Å². The van der Waals surface area contributed by atoms with Gasteiger partial charge in [-0.1, -0.05) is 15.9 Å². The Morgan fingerprint density at radius 2 is 2.13 bits per heavy atom. The first-order valence-corrected chi connectivity index (χ1v) is 6.46. The summed E-state index contributed by atoms with van der Waals surface area (Å²) in [5.74, 6) is 1.02. The van der Waals surface area contributed by atoms with Crippen molar-refractivity contribution in [2.45, 2.75) is 13.0 Å². The first kappa shape index (κ1) is 9.43. The van der Waals surface area contributed by atoms with E-state index >= 15 is 0 Å². The molecule has 76 valence electrons. The van der Waals surface area contributed by atoms with Crippen LogP contribution in [0.25, 0.3) is 0 Å². The van der Waals surface area contributed by atoms with E-state index in [1.807, 2.05) is 23.5 Å². The van der Waals surface area contributed by atoms with Gasteiger partial charge in [-0.05, 0) is 29.6 Å². The summed E-state index contributed by atoms with van der Waals surface area (Å²) in [6.45, 7) is 0.702. The summed E-state index contributed by atoms with van der Waals surface area (Å²) in [6.07, 6.45) is 0.988. The molecule has 0 amide bonds. The monoisotopic (exact) mass is 280 g/mol. The Morgan fingerprint density at radius 3 is 3.07 bits per heavy atom. The van der Waals surface area contributed by atoms with Crippen molar-refractivity contribution in [2.24, 2.45) is 0 Å². The topological polar surface area (TPSA) is 9.23 Å². The minimum absolute atomic E-state index is 0.702. The summed E-state index contributed by atoms with van der Waals surface area (Å²) in [6, 6.07) is 8.36. The molecule has 15 heavy (non-hydrogen) atoms. The molecule has 0 saturated carbocycles. The van der Waals surface area contributed by atoms with Gasteiger partial charge >= 0.3 is 0 Å².